The summed E-state index contributed by atoms with van der Waals surface area (Å²) >= 11 is 0.944. The van der Waals surface area contributed by atoms with E-state index in [4.69, 9.17) is 10.5 Å². The van der Waals surface area contributed by atoms with Gasteiger partial charge >= 0.3 is 0 Å². The minimum Gasteiger partial charge on any atom is -0.386 e. The van der Waals surface area contributed by atoms with Crippen molar-refractivity contribution in [3.8, 4) is 10.4 Å². The van der Waals surface area contributed by atoms with E-state index in [1.807, 2.05) is 0 Å². The fourth-order valence-corrected chi connectivity index (χ4v) is 4.74. The third kappa shape index (κ3) is 5.47. The number of rotatable bonds is 7. The number of anilines is 2. The number of amides is 2. The lowest BCUT2D eigenvalue weighted by molar-refractivity contribution is -0.143. The van der Waals surface area contributed by atoms with E-state index >= 15 is 0 Å². The van der Waals surface area contributed by atoms with Crippen LogP contribution in [0.3, 0.4) is 0 Å². The monoisotopic (exact) mass is 502 g/mol. The van der Waals surface area contributed by atoms with E-state index in [1.165, 1.54) is 19.9 Å². The number of carbonyl (C=O) groups excluding carboxylic acids is 2. The SMILES string of the molecule is CC(C)(O)c1cc(F)c(-c2cc(C(N)=O)c(Nc3cccc(CN4CCOCC4=O)n3)s2)c(F)c1. The van der Waals surface area contributed by atoms with Gasteiger partial charge in [0.2, 0.25) is 5.91 Å². The normalized spacial score (nSPS) is 14.3. The second kappa shape index (κ2) is 9.68. The molecule has 3 heterocycles. The summed E-state index contributed by atoms with van der Waals surface area (Å²) in [5.74, 6) is -2.28. The van der Waals surface area contributed by atoms with Gasteiger partial charge < -0.3 is 25.8 Å². The molecule has 3 aromatic rings. The Kier molecular flexibility index (Phi) is 6.84. The summed E-state index contributed by atoms with van der Waals surface area (Å²) in [6.45, 7) is 4.09. The van der Waals surface area contributed by atoms with Gasteiger partial charge in [-0.05, 0) is 49.7 Å². The largest absolute Gasteiger partial charge is 0.386 e. The molecule has 0 saturated carbocycles. The van der Waals surface area contributed by atoms with Gasteiger partial charge in [-0.3, -0.25) is 9.59 Å². The molecule has 2 aromatic heterocycles. The molecule has 1 aromatic carbocycles. The van der Waals surface area contributed by atoms with Crippen LogP contribution in [0.1, 0.15) is 35.5 Å². The highest BCUT2D eigenvalue weighted by atomic mass is 32.1. The molecular formula is C24H24F2N4O4S. The van der Waals surface area contributed by atoms with Gasteiger partial charge in [0.1, 0.15) is 29.1 Å². The number of nitrogens with two attached hydrogens (primary N) is 1. The third-order valence-electron chi connectivity index (χ3n) is 5.48. The van der Waals surface area contributed by atoms with Gasteiger partial charge in [0.05, 0.1) is 35.6 Å². The van der Waals surface area contributed by atoms with Crippen LogP contribution in [0.4, 0.5) is 19.6 Å². The number of morpholine rings is 1. The zero-order valence-corrected chi connectivity index (χ0v) is 19.9. The standard InChI is InChI=1S/C24H24F2N4O4S/c1-24(2,33)13-8-16(25)21(17(26)9-13)18-10-15(22(27)32)23(35-18)29-19-5-3-4-14(28-19)11-30-6-7-34-12-20(30)31/h3-5,8-10,33H,6-7,11-12H2,1-2H3,(H2,27,32)(H,28,29). The number of carbonyl (C=O) groups is 2. The van der Waals surface area contributed by atoms with Crippen LogP contribution in [0.5, 0.6) is 0 Å². The number of hydrogen-bond donors (Lipinski definition) is 3. The minimum atomic E-state index is -1.43. The van der Waals surface area contributed by atoms with Crippen molar-refractivity contribution in [2.24, 2.45) is 5.73 Å². The number of aromatic nitrogens is 1. The molecule has 1 saturated heterocycles. The van der Waals surface area contributed by atoms with Crippen LogP contribution in [0.25, 0.3) is 10.4 Å². The Hall–Kier alpha value is -3.41. The van der Waals surface area contributed by atoms with E-state index in [1.54, 1.807) is 23.1 Å². The van der Waals surface area contributed by atoms with Crippen LogP contribution in [-0.4, -0.2) is 46.6 Å². The molecule has 0 radical (unpaired) electrons. The third-order valence-corrected chi connectivity index (χ3v) is 6.55. The van der Waals surface area contributed by atoms with Gasteiger partial charge in [-0.15, -0.1) is 11.3 Å². The molecule has 0 aliphatic carbocycles. The first-order valence-electron chi connectivity index (χ1n) is 10.8. The number of ether oxygens (including phenoxy) is 1. The number of nitrogens with zero attached hydrogens (tertiary/aromatic N) is 2. The number of primary amides is 1. The highest BCUT2D eigenvalue weighted by Gasteiger charge is 2.25. The van der Waals surface area contributed by atoms with Crippen LogP contribution in [0.15, 0.2) is 36.4 Å². The molecule has 8 nitrogen and oxygen atoms in total. The van der Waals surface area contributed by atoms with E-state index in [0.29, 0.717) is 31.2 Å². The quantitative estimate of drug-likeness (QED) is 0.455. The molecule has 0 spiro atoms. The zero-order chi connectivity index (χ0) is 25.3. The van der Waals surface area contributed by atoms with Gasteiger partial charge in [0, 0.05) is 11.4 Å². The summed E-state index contributed by atoms with van der Waals surface area (Å²) in [4.78, 5) is 30.3. The van der Waals surface area contributed by atoms with E-state index in [2.05, 4.69) is 10.3 Å². The van der Waals surface area contributed by atoms with E-state index in [0.717, 1.165) is 23.5 Å². The molecule has 0 unspecified atom stereocenters. The fourth-order valence-electron chi connectivity index (χ4n) is 3.62. The lowest BCUT2D eigenvalue weighted by atomic mass is 9.96. The first-order valence-corrected chi connectivity index (χ1v) is 11.6. The topological polar surface area (TPSA) is 118 Å². The number of aliphatic hydroxyl groups is 1. The lowest BCUT2D eigenvalue weighted by Crippen LogP contribution is -2.41. The molecule has 2 amide bonds. The van der Waals surface area contributed by atoms with Crippen LogP contribution in [0, 0.1) is 11.6 Å². The molecule has 1 fully saturated rings. The van der Waals surface area contributed by atoms with Crippen LogP contribution in [-0.2, 0) is 21.7 Å². The Morgan fingerprint density at radius 3 is 2.63 bits per heavy atom. The van der Waals surface area contributed by atoms with Crippen molar-refractivity contribution >= 4 is 34.0 Å². The smallest absolute Gasteiger partial charge is 0.251 e. The average molecular weight is 503 g/mol. The maximum atomic E-state index is 14.9. The molecule has 0 atom stereocenters. The second-order valence-electron chi connectivity index (χ2n) is 8.60. The maximum absolute atomic E-state index is 14.9. The van der Waals surface area contributed by atoms with Crippen molar-refractivity contribution in [3.63, 3.8) is 0 Å². The molecule has 184 valence electrons. The number of pyridine rings is 1. The Morgan fingerprint density at radius 2 is 2.00 bits per heavy atom. The number of benzene rings is 1. The summed E-state index contributed by atoms with van der Waals surface area (Å²) in [6.07, 6.45) is 0. The van der Waals surface area contributed by atoms with Crippen molar-refractivity contribution in [2.75, 3.05) is 25.1 Å². The molecule has 4 rings (SSSR count). The molecule has 11 heteroatoms. The Morgan fingerprint density at radius 1 is 1.29 bits per heavy atom. The molecule has 0 bridgehead atoms. The average Bonchev–Trinajstić information content (AvgIpc) is 3.18. The van der Waals surface area contributed by atoms with Crippen LogP contribution in [0.2, 0.25) is 0 Å². The van der Waals surface area contributed by atoms with Gasteiger partial charge in [-0.1, -0.05) is 6.07 Å². The predicted molar refractivity (Wildman–Crippen MR) is 127 cm³/mol. The van der Waals surface area contributed by atoms with Crippen molar-refractivity contribution < 1.29 is 28.2 Å². The molecule has 4 N–H and O–H groups in total. The van der Waals surface area contributed by atoms with E-state index in [9.17, 15) is 23.5 Å². The minimum absolute atomic E-state index is 0.0295. The van der Waals surface area contributed by atoms with Gasteiger partial charge in [-0.25, -0.2) is 13.8 Å². The summed E-state index contributed by atoms with van der Waals surface area (Å²) in [6, 6.07) is 8.60. The van der Waals surface area contributed by atoms with E-state index in [-0.39, 0.29) is 39.1 Å². The van der Waals surface area contributed by atoms with Crippen molar-refractivity contribution in [1.82, 2.24) is 9.88 Å². The van der Waals surface area contributed by atoms with Crippen LogP contribution < -0.4 is 11.1 Å². The summed E-state index contributed by atoms with van der Waals surface area (Å²) in [5.41, 5.74) is 4.51. The molecule has 1 aliphatic heterocycles. The number of hydrogen-bond acceptors (Lipinski definition) is 7. The van der Waals surface area contributed by atoms with Gasteiger partial charge in [0.15, 0.2) is 0 Å². The van der Waals surface area contributed by atoms with Gasteiger partial charge in [-0.2, -0.15) is 0 Å². The second-order valence-corrected chi connectivity index (χ2v) is 9.65. The Bertz CT molecular complexity index is 1270. The zero-order valence-electron chi connectivity index (χ0n) is 19.1. The lowest BCUT2D eigenvalue weighted by Gasteiger charge is -2.26. The Balaban J connectivity index is 1.63. The molecule has 1 aliphatic rings. The molecular weight excluding hydrogens is 478 g/mol. The van der Waals surface area contributed by atoms with Crippen molar-refractivity contribution in [1.29, 1.82) is 0 Å². The highest BCUT2D eigenvalue weighted by molar-refractivity contribution is 7.20. The number of thiophene rings is 1. The first kappa shape index (κ1) is 24.7. The Labute approximate surface area is 204 Å². The van der Waals surface area contributed by atoms with Crippen molar-refractivity contribution in [3.05, 3.63) is 64.9 Å². The number of nitrogens with one attached hydrogen (secondary N) is 1. The van der Waals surface area contributed by atoms with E-state index < -0.39 is 23.1 Å². The predicted octanol–water partition coefficient (Wildman–Crippen LogP) is 3.52. The first-order chi connectivity index (χ1) is 16.5. The summed E-state index contributed by atoms with van der Waals surface area (Å²) in [7, 11) is 0. The van der Waals surface area contributed by atoms with Crippen LogP contribution >= 0.6 is 11.3 Å². The molecule has 35 heavy (non-hydrogen) atoms. The summed E-state index contributed by atoms with van der Waals surface area (Å²) < 4.78 is 34.9. The fraction of sp³-hybridized carbons (Fsp3) is 0.292. The highest BCUT2D eigenvalue weighted by Crippen LogP contribution is 2.40. The number of halogens is 2. The van der Waals surface area contributed by atoms with Crippen molar-refractivity contribution in [2.45, 2.75) is 26.0 Å². The summed E-state index contributed by atoms with van der Waals surface area (Å²) in [5, 5.41) is 13.4. The van der Waals surface area contributed by atoms with Gasteiger partial charge in [0.25, 0.3) is 5.91 Å². The maximum Gasteiger partial charge on any atom is 0.251 e.